The fourth-order valence-electron chi connectivity index (χ4n) is 1.87. The van der Waals surface area contributed by atoms with E-state index in [1.165, 1.54) is 12.1 Å². The van der Waals surface area contributed by atoms with Crippen LogP contribution in [0.3, 0.4) is 0 Å². The van der Waals surface area contributed by atoms with Crippen LogP contribution in [0, 0.1) is 10.1 Å². The summed E-state index contributed by atoms with van der Waals surface area (Å²) < 4.78 is 0. The van der Waals surface area contributed by atoms with Gasteiger partial charge in [0.25, 0.3) is 5.69 Å². The number of hydrazone groups is 1. The van der Waals surface area contributed by atoms with Gasteiger partial charge in [0.2, 0.25) is 0 Å². The molecule has 6 nitrogen and oxygen atoms in total. The molecule has 0 atom stereocenters. The van der Waals surface area contributed by atoms with Gasteiger partial charge in [0, 0.05) is 39.0 Å². The zero-order valence-corrected chi connectivity index (χ0v) is 12.8. The van der Waals surface area contributed by atoms with Crippen LogP contribution in [0.15, 0.2) is 53.6 Å². The number of nitro groups is 1. The van der Waals surface area contributed by atoms with Gasteiger partial charge in [0.05, 0.1) is 16.8 Å². The molecule has 22 heavy (non-hydrogen) atoms. The lowest BCUT2D eigenvalue weighted by atomic mass is 10.2. The number of benzene rings is 2. The summed E-state index contributed by atoms with van der Waals surface area (Å²) in [6.07, 6.45) is 1.75. The smallest absolute Gasteiger partial charge is 0.269 e. The second-order valence-corrected chi connectivity index (χ2v) is 5.03. The van der Waals surface area contributed by atoms with Gasteiger partial charge in [0.15, 0.2) is 0 Å². The average molecular weight is 298 g/mol. The molecule has 0 N–H and O–H groups in total. The van der Waals surface area contributed by atoms with E-state index in [2.05, 4.69) is 5.10 Å². The molecule has 0 bridgehead atoms. The van der Waals surface area contributed by atoms with Crippen LogP contribution in [-0.2, 0) is 0 Å². The van der Waals surface area contributed by atoms with Gasteiger partial charge in [-0.05, 0) is 29.8 Å². The van der Waals surface area contributed by atoms with Crippen LogP contribution in [0.4, 0.5) is 17.1 Å². The predicted octanol–water partition coefficient (Wildman–Crippen LogP) is 3.13. The first-order chi connectivity index (χ1) is 10.5. The highest BCUT2D eigenvalue weighted by molar-refractivity contribution is 5.81. The third kappa shape index (κ3) is 3.82. The Balaban J connectivity index is 2.07. The van der Waals surface area contributed by atoms with Gasteiger partial charge < -0.3 is 4.90 Å². The normalized spacial score (nSPS) is 10.7. The average Bonchev–Trinajstić information content (AvgIpc) is 2.53. The molecule has 6 heteroatoms. The number of nitro benzene ring substituents is 1. The molecular formula is C16H18N4O2. The molecule has 0 saturated heterocycles. The largest absolute Gasteiger partial charge is 0.378 e. The monoisotopic (exact) mass is 298 g/mol. The molecule has 0 aliphatic rings. The molecule has 0 spiro atoms. The Morgan fingerprint density at radius 3 is 2.00 bits per heavy atom. The van der Waals surface area contributed by atoms with Crippen molar-refractivity contribution in [3.8, 4) is 0 Å². The van der Waals surface area contributed by atoms with Crippen LogP contribution in [-0.4, -0.2) is 32.3 Å². The van der Waals surface area contributed by atoms with E-state index < -0.39 is 4.92 Å². The second-order valence-electron chi connectivity index (χ2n) is 5.03. The number of non-ortho nitro benzene ring substituents is 1. The molecule has 2 rings (SSSR count). The lowest BCUT2D eigenvalue weighted by Gasteiger charge is -2.13. The third-order valence-corrected chi connectivity index (χ3v) is 3.22. The molecule has 0 saturated carbocycles. The summed E-state index contributed by atoms with van der Waals surface area (Å²) in [5.41, 5.74) is 2.97. The highest BCUT2D eigenvalue weighted by Gasteiger charge is 2.05. The molecule has 2 aromatic carbocycles. The molecular weight excluding hydrogens is 280 g/mol. The van der Waals surface area contributed by atoms with Crippen molar-refractivity contribution >= 4 is 23.3 Å². The van der Waals surface area contributed by atoms with Crippen LogP contribution in [0.2, 0.25) is 0 Å². The summed E-state index contributed by atoms with van der Waals surface area (Å²) in [5.74, 6) is 0. The van der Waals surface area contributed by atoms with E-state index in [1.807, 2.05) is 43.3 Å². The SMILES string of the molecule is CN(C)c1ccc(/C=N\N(C)c2ccc([N+](=O)[O-])cc2)cc1. The number of anilines is 2. The van der Waals surface area contributed by atoms with Crippen LogP contribution in [0.1, 0.15) is 5.56 Å². The van der Waals surface area contributed by atoms with E-state index in [0.717, 1.165) is 16.9 Å². The lowest BCUT2D eigenvalue weighted by molar-refractivity contribution is -0.384. The van der Waals surface area contributed by atoms with Crippen LogP contribution >= 0.6 is 0 Å². The van der Waals surface area contributed by atoms with Crippen molar-refractivity contribution < 1.29 is 4.92 Å². The summed E-state index contributed by atoms with van der Waals surface area (Å²) in [6.45, 7) is 0. The highest BCUT2D eigenvalue weighted by atomic mass is 16.6. The van der Waals surface area contributed by atoms with Crippen molar-refractivity contribution in [1.82, 2.24) is 0 Å². The summed E-state index contributed by atoms with van der Waals surface area (Å²) >= 11 is 0. The Morgan fingerprint density at radius 1 is 0.955 bits per heavy atom. The number of hydrogen-bond acceptors (Lipinski definition) is 5. The molecule has 0 amide bonds. The van der Waals surface area contributed by atoms with E-state index in [4.69, 9.17) is 0 Å². The number of nitrogens with zero attached hydrogens (tertiary/aromatic N) is 4. The van der Waals surface area contributed by atoms with E-state index in [1.54, 1.807) is 30.4 Å². The Bertz CT molecular complexity index is 664. The first-order valence-corrected chi connectivity index (χ1v) is 6.77. The Kier molecular flexibility index (Phi) is 4.73. The van der Waals surface area contributed by atoms with Crippen molar-refractivity contribution in [3.63, 3.8) is 0 Å². The van der Waals surface area contributed by atoms with Gasteiger partial charge in [-0.15, -0.1) is 0 Å². The molecule has 0 aliphatic heterocycles. The molecule has 0 heterocycles. The van der Waals surface area contributed by atoms with E-state index in [0.29, 0.717) is 0 Å². The quantitative estimate of drug-likeness (QED) is 0.483. The maximum atomic E-state index is 10.6. The van der Waals surface area contributed by atoms with Gasteiger partial charge in [-0.2, -0.15) is 5.10 Å². The van der Waals surface area contributed by atoms with Crippen LogP contribution in [0.25, 0.3) is 0 Å². The Labute approximate surface area is 129 Å². The van der Waals surface area contributed by atoms with Gasteiger partial charge in [-0.25, -0.2) is 0 Å². The minimum absolute atomic E-state index is 0.0698. The molecule has 0 unspecified atom stereocenters. The van der Waals surface area contributed by atoms with E-state index in [9.17, 15) is 10.1 Å². The number of rotatable bonds is 5. The van der Waals surface area contributed by atoms with E-state index >= 15 is 0 Å². The molecule has 0 radical (unpaired) electrons. The zero-order valence-electron chi connectivity index (χ0n) is 12.8. The minimum Gasteiger partial charge on any atom is -0.378 e. The van der Waals surface area contributed by atoms with Gasteiger partial charge in [-0.3, -0.25) is 15.1 Å². The fourth-order valence-corrected chi connectivity index (χ4v) is 1.87. The standard InChI is InChI=1S/C16H18N4O2/c1-18(2)14-6-4-13(5-7-14)12-17-19(3)15-8-10-16(11-9-15)20(21)22/h4-12H,1-3H3/b17-12-. The van der Waals surface area contributed by atoms with E-state index in [-0.39, 0.29) is 5.69 Å². The second kappa shape index (κ2) is 6.71. The Morgan fingerprint density at radius 2 is 1.50 bits per heavy atom. The topological polar surface area (TPSA) is 62.0 Å². The molecule has 0 aliphatic carbocycles. The molecule has 114 valence electrons. The fraction of sp³-hybridized carbons (Fsp3) is 0.188. The van der Waals surface area contributed by atoms with Crippen molar-refractivity contribution in [2.24, 2.45) is 5.10 Å². The van der Waals surface area contributed by atoms with Gasteiger partial charge >= 0.3 is 0 Å². The molecule has 2 aromatic rings. The van der Waals surface area contributed by atoms with Gasteiger partial charge in [0.1, 0.15) is 0 Å². The van der Waals surface area contributed by atoms with Crippen molar-refractivity contribution in [3.05, 3.63) is 64.2 Å². The maximum Gasteiger partial charge on any atom is 0.269 e. The highest BCUT2D eigenvalue weighted by Crippen LogP contribution is 2.18. The summed E-state index contributed by atoms with van der Waals surface area (Å²) in [7, 11) is 5.78. The zero-order chi connectivity index (χ0) is 16.1. The van der Waals surface area contributed by atoms with Crippen molar-refractivity contribution in [2.45, 2.75) is 0 Å². The van der Waals surface area contributed by atoms with Crippen molar-refractivity contribution in [2.75, 3.05) is 31.1 Å². The maximum absolute atomic E-state index is 10.6. The lowest BCUT2D eigenvalue weighted by Crippen LogP contribution is -2.09. The summed E-state index contributed by atoms with van der Waals surface area (Å²) in [5, 5.41) is 16.6. The first kappa shape index (κ1) is 15.5. The van der Waals surface area contributed by atoms with Crippen LogP contribution < -0.4 is 9.91 Å². The number of hydrogen-bond donors (Lipinski definition) is 0. The van der Waals surface area contributed by atoms with Gasteiger partial charge in [-0.1, -0.05) is 12.1 Å². The summed E-state index contributed by atoms with van der Waals surface area (Å²) in [6, 6.07) is 14.3. The van der Waals surface area contributed by atoms with Crippen LogP contribution in [0.5, 0.6) is 0 Å². The van der Waals surface area contributed by atoms with Crippen molar-refractivity contribution in [1.29, 1.82) is 0 Å². The third-order valence-electron chi connectivity index (χ3n) is 3.22. The molecule has 0 aromatic heterocycles. The first-order valence-electron chi connectivity index (χ1n) is 6.77. The Hall–Kier alpha value is -2.89. The predicted molar refractivity (Wildman–Crippen MR) is 89.9 cm³/mol. The minimum atomic E-state index is -0.417. The summed E-state index contributed by atoms with van der Waals surface area (Å²) in [4.78, 5) is 12.2. The molecule has 0 fully saturated rings.